The Morgan fingerprint density at radius 3 is 2.59 bits per heavy atom. The molecule has 2 rings (SSSR count). The standard InChI is InChI=1S/C14H21NOS/c1-12-10-14(17-11-12)13(16)6-9-15-7-4-2-3-5-8-15/h10-11H,2-9H2,1H3. The van der Waals surface area contributed by atoms with Crippen molar-refractivity contribution >= 4 is 17.1 Å². The van der Waals surface area contributed by atoms with E-state index < -0.39 is 0 Å². The normalized spacial score (nSPS) is 17.9. The Balaban J connectivity index is 1.79. The van der Waals surface area contributed by atoms with Crippen LogP contribution in [0.5, 0.6) is 0 Å². The Bertz CT molecular complexity index is 364. The number of carbonyl (C=O) groups is 1. The van der Waals surface area contributed by atoms with E-state index in [1.165, 1.54) is 44.3 Å². The van der Waals surface area contributed by atoms with Gasteiger partial charge in [0.2, 0.25) is 0 Å². The summed E-state index contributed by atoms with van der Waals surface area (Å²) in [6, 6.07) is 2.01. The molecule has 1 aliphatic rings. The van der Waals surface area contributed by atoms with Gasteiger partial charge in [-0.15, -0.1) is 11.3 Å². The van der Waals surface area contributed by atoms with E-state index in [9.17, 15) is 4.79 Å². The molecule has 2 nitrogen and oxygen atoms in total. The van der Waals surface area contributed by atoms with Crippen LogP contribution in [0, 0.1) is 6.92 Å². The van der Waals surface area contributed by atoms with Gasteiger partial charge in [-0.2, -0.15) is 0 Å². The fourth-order valence-electron chi connectivity index (χ4n) is 2.32. The first-order chi connectivity index (χ1) is 8.25. The summed E-state index contributed by atoms with van der Waals surface area (Å²) >= 11 is 1.58. The summed E-state index contributed by atoms with van der Waals surface area (Å²) in [5, 5.41) is 2.05. The fourth-order valence-corrected chi connectivity index (χ4v) is 3.19. The molecule has 0 atom stereocenters. The first kappa shape index (κ1) is 12.8. The lowest BCUT2D eigenvalue weighted by Gasteiger charge is -2.18. The third-order valence-electron chi connectivity index (χ3n) is 3.36. The van der Waals surface area contributed by atoms with E-state index in [2.05, 4.69) is 10.3 Å². The van der Waals surface area contributed by atoms with Gasteiger partial charge in [-0.05, 0) is 49.9 Å². The molecule has 17 heavy (non-hydrogen) atoms. The lowest BCUT2D eigenvalue weighted by atomic mass is 10.2. The second-order valence-electron chi connectivity index (χ2n) is 4.92. The van der Waals surface area contributed by atoms with Crippen molar-refractivity contribution in [3.63, 3.8) is 0 Å². The largest absolute Gasteiger partial charge is 0.303 e. The van der Waals surface area contributed by atoms with E-state index in [1.807, 2.05) is 13.0 Å². The number of thiophene rings is 1. The average molecular weight is 251 g/mol. The first-order valence-electron chi connectivity index (χ1n) is 6.56. The van der Waals surface area contributed by atoms with Crippen LogP contribution >= 0.6 is 11.3 Å². The van der Waals surface area contributed by atoms with Crippen molar-refractivity contribution in [3.8, 4) is 0 Å². The summed E-state index contributed by atoms with van der Waals surface area (Å²) in [6.07, 6.45) is 5.99. The number of nitrogens with zero attached hydrogens (tertiary/aromatic N) is 1. The maximum atomic E-state index is 12.0. The lowest BCUT2D eigenvalue weighted by molar-refractivity contribution is 0.0969. The average Bonchev–Trinajstić information content (AvgIpc) is 2.61. The van der Waals surface area contributed by atoms with Gasteiger partial charge >= 0.3 is 0 Å². The SMILES string of the molecule is Cc1csc(C(=O)CCN2CCCCCC2)c1. The highest BCUT2D eigenvalue weighted by atomic mass is 32.1. The second-order valence-corrected chi connectivity index (χ2v) is 5.83. The predicted octanol–water partition coefficient (Wildman–Crippen LogP) is 3.51. The second kappa shape index (κ2) is 6.31. The summed E-state index contributed by atoms with van der Waals surface area (Å²) in [6.45, 7) is 5.34. The lowest BCUT2D eigenvalue weighted by Crippen LogP contribution is -2.27. The van der Waals surface area contributed by atoms with Crippen molar-refractivity contribution in [2.75, 3.05) is 19.6 Å². The molecule has 0 N–H and O–H groups in total. The smallest absolute Gasteiger partial charge is 0.174 e. The van der Waals surface area contributed by atoms with Gasteiger partial charge in [-0.3, -0.25) is 4.79 Å². The monoisotopic (exact) mass is 251 g/mol. The topological polar surface area (TPSA) is 20.3 Å². The number of carbonyl (C=O) groups excluding carboxylic acids is 1. The zero-order valence-corrected chi connectivity index (χ0v) is 11.4. The van der Waals surface area contributed by atoms with Gasteiger partial charge < -0.3 is 4.90 Å². The summed E-state index contributed by atoms with van der Waals surface area (Å²) in [4.78, 5) is 15.3. The maximum Gasteiger partial charge on any atom is 0.174 e. The molecule has 1 aromatic heterocycles. The molecule has 0 aromatic carbocycles. The molecule has 2 heterocycles. The van der Waals surface area contributed by atoms with Gasteiger partial charge in [-0.1, -0.05) is 12.8 Å². The van der Waals surface area contributed by atoms with Crippen LogP contribution < -0.4 is 0 Å². The van der Waals surface area contributed by atoms with Crippen molar-refractivity contribution in [1.29, 1.82) is 0 Å². The third kappa shape index (κ3) is 3.93. The minimum Gasteiger partial charge on any atom is -0.303 e. The van der Waals surface area contributed by atoms with Crippen LogP contribution in [-0.4, -0.2) is 30.3 Å². The fraction of sp³-hybridized carbons (Fsp3) is 0.643. The molecule has 0 bridgehead atoms. The van der Waals surface area contributed by atoms with Crippen LogP contribution in [-0.2, 0) is 0 Å². The number of hydrogen-bond acceptors (Lipinski definition) is 3. The minimum absolute atomic E-state index is 0.312. The Morgan fingerprint density at radius 2 is 2.00 bits per heavy atom. The van der Waals surface area contributed by atoms with E-state index in [0.29, 0.717) is 12.2 Å². The molecule has 1 aliphatic heterocycles. The van der Waals surface area contributed by atoms with E-state index in [4.69, 9.17) is 0 Å². The minimum atomic E-state index is 0.312. The zero-order chi connectivity index (χ0) is 12.1. The first-order valence-corrected chi connectivity index (χ1v) is 7.44. The van der Waals surface area contributed by atoms with Crippen LogP contribution in [0.15, 0.2) is 11.4 Å². The summed E-state index contributed by atoms with van der Waals surface area (Å²) < 4.78 is 0. The van der Waals surface area contributed by atoms with E-state index >= 15 is 0 Å². The van der Waals surface area contributed by atoms with E-state index in [-0.39, 0.29) is 0 Å². The number of hydrogen-bond donors (Lipinski definition) is 0. The molecule has 3 heteroatoms. The van der Waals surface area contributed by atoms with Crippen molar-refractivity contribution in [2.45, 2.75) is 39.0 Å². The molecule has 94 valence electrons. The Hall–Kier alpha value is -0.670. The van der Waals surface area contributed by atoms with Gasteiger partial charge in [0.25, 0.3) is 0 Å². The molecule has 0 aliphatic carbocycles. The highest BCUT2D eigenvalue weighted by molar-refractivity contribution is 7.12. The van der Waals surface area contributed by atoms with Crippen LogP contribution in [0.2, 0.25) is 0 Å². The van der Waals surface area contributed by atoms with Crippen LogP contribution in [0.1, 0.15) is 47.3 Å². The van der Waals surface area contributed by atoms with Crippen molar-refractivity contribution in [1.82, 2.24) is 4.90 Å². The van der Waals surface area contributed by atoms with Crippen molar-refractivity contribution in [3.05, 3.63) is 21.9 Å². The van der Waals surface area contributed by atoms with E-state index in [1.54, 1.807) is 11.3 Å². The van der Waals surface area contributed by atoms with Crippen LogP contribution in [0.25, 0.3) is 0 Å². The summed E-state index contributed by atoms with van der Waals surface area (Å²) in [5.74, 6) is 0.312. The Morgan fingerprint density at radius 1 is 1.29 bits per heavy atom. The summed E-state index contributed by atoms with van der Waals surface area (Å²) in [7, 11) is 0. The van der Waals surface area contributed by atoms with Gasteiger partial charge in [0.05, 0.1) is 4.88 Å². The van der Waals surface area contributed by atoms with Crippen molar-refractivity contribution < 1.29 is 4.79 Å². The number of aryl methyl sites for hydroxylation is 1. The molecule has 0 unspecified atom stereocenters. The van der Waals surface area contributed by atoms with Gasteiger partial charge in [-0.25, -0.2) is 0 Å². The molecular formula is C14H21NOS. The number of Topliss-reactive ketones (excluding diaryl/α,β-unsaturated/α-hetero) is 1. The molecule has 0 saturated carbocycles. The van der Waals surface area contributed by atoms with E-state index in [0.717, 1.165) is 11.4 Å². The number of likely N-dealkylation sites (tertiary alicyclic amines) is 1. The zero-order valence-electron chi connectivity index (χ0n) is 10.6. The molecule has 0 radical (unpaired) electrons. The Kier molecular flexibility index (Phi) is 4.75. The van der Waals surface area contributed by atoms with Gasteiger partial charge in [0, 0.05) is 13.0 Å². The molecular weight excluding hydrogens is 230 g/mol. The van der Waals surface area contributed by atoms with Gasteiger partial charge in [0.1, 0.15) is 0 Å². The van der Waals surface area contributed by atoms with Crippen molar-refractivity contribution in [2.24, 2.45) is 0 Å². The summed E-state index contributed by atoms with van der Waals surface area (Å²) in [5.41, 5.74) is 1.20. The molecule has 1 saturated heterocycles. The Labute approximate surface area is 108 Å². The highest BCUT2D eigenvalue weighted by Crippen LogP contribution is 2.16. The quantitative estimate of drug-likeness (QED) is 0.763. The molecule has 1 aromatic rings. The third-order valence-corrected chi connectivity index (χ3v) is 4.45. The molecule has 1 fully saturated rings. The molecule has 0 spiro atoms. The number of rotatable bonds is 4. The van der Waals surface area contributed by atoms with Crippen LogP contribution in [0.3, 0.4) is 0 Å². The maximum absolute atomic E-state index is 12.0. The highest BCUT2D eigenvalue weighted by Gasteiger charge is 2.12. The predicted molar refractivity (Wildman–Crippen MR) is 72.9 cm³/mol. The van der Waals surface area contributed by atoms with Gasteiger partial charge in [0.15, 0.2) is 5.78 Å². The molecule has 0 amide bonds. The number of ketones is 1. The van der Waals surface area contributed by atoms with Crippen LogP contribution in [0.4, 0.5) is 0 Å².